The van der Waals surface area contributed by atoms with Crippen molar-refractivity contribution >= 4 is 0 Å². The predicted molar refractivity (Wildman–Crippen MR) is 81.1 cm³/mol. The Morgan fingerprint density at radius 2 is 1.89 bits per heavy atom. The number of hydrogen-bond donors (Lipinski definition) is 1. The minimum absolute atomic E-state index is 0.116. The van der Waals surface area contributed by atoms with Crippen LogP contribution in [-0.2, 0) is 18.3 Å². The van der Waals surface area contributed by atoms with E-state index < -0.39 is 0 Å². The monoisotopic (exact) mass is 264 g/mol. The van der Waals surface area contributed by atoms with Gasteiger partial charge in [0.25, 0.3) is 0 Å². The predicted octanol–water partition coefficient (Wildman–Crippen LogP) is 3.87. The molecule has 0 unspecified atom stereocenters. The van der Waals surface area contributed by atoms with E-state index in [1.807, 2.05) is 0 Å². The number of rotatable bonds is 7. The van der Waals surface area contributed by atoms with Gasteiger partial charge in [0.2, 0.25) is 0 Å². The molecule has 0 radical (unpaired) electrons. The van der Waals surface area contributed by atoms with Crippen molar-refractivity contribution in [1.82, 2.24) is 0 Å². The smallest absolute Gasteiger partial charge is 0.125 e. The van der Waals surface area contributed by atoms with Crippen molar-refractivity contribution in [2.45, 2.75) is 58.8 Å². The number of hydrogen-bond acceptors (Lipinski definition) is 2. The van der Waals surface area contributed by atoms with E-state index in [9.17, 15) is 0 Å². The zero-order valence-corrected chi connectivity index (χ0v) is 13.0. The molecule has 19 heavy (non-hydrogen) atoms. The maximum atomic E-state index is 9.01. The molecule has 0 aromatic heterocycles. The first-order valence-electron chi connectivity index (χ1n) is 7.31. The van der Waals surface area contributed by atoms with Gasteiger partial charge in [-0.15, -0.1) is 0 Å². The lowest BCUT2D eigenvalue weighted by atomic mass is 9.79. The van der Waals surface area contributed by atoms with Crippen LogP contribution in [0.2, 0.25) is 0 Å². The number of benzene rings is 1. The second-order valence-electron chi connectivity index (χ2n) is 5.75. The van der Waals surface area contributed by atoms with Gasteiger partial charge in [0, 0.05) is 12.2 Å². The summed E-state index contributed by atoms with van der Waals surface area (Å²) in [5, 5.41) is 9.01. The van der Waals surface area contributed by atoms with E-state index in [1.54, 1.807) is 7.11 Å². The van der Waals surface area contributed by atoms with Gasteiger partial charge in [-0.25, -0.2) is 0 Å². The first-order valence-corrected chi connectivity index (χ1v) is 7.31. The largest absolute Gasteiger partial charge is 0.496 e. The standard InChI is InChI=1S/C17H28O2/c1-6-14-11-13(9-8-10-18)12-15(16(14)19-5)17(3,4)7-2/h11-12,18H,6-10H2,1-5H3. The average Bonchev–Trinajstić information content (AvgIpc) is 2.43. The zero-order valence-electron chi connectivity index (χ0n) is 13.0. The van der Waals surface area contributed by atoms with Crippen LogP contribution in [0.5, 0.6) is 5.75 Å². The normalized spacial score (nSPS) is 11.7. The van der Waals surface area contributed by atoms with E-state index in [1.165, 1.54) is 16.7 Å². The fraction of sp³-hybridized carbons (Fsp3) is 0.647. The summed E-state index contributed by atoms with van der Waals surface area (Å²) in [6, 6.07) is 4.49. The highest BCUT2D eigenvalue weighted by atomic mass is 16.5. The van der Waals surface area contributed by atoms with Crippen molar-refractivity contribution in [2.24, 2.45) is 0 Å². The SMILES string of the molecule is CCc1cc(CCCO)cc(C(C)(C)CC)c1OC. The van der Waals surface area contributed by atoms with Crippen molar-refractivity contribution < 1.29 is 9.84 Å². The van der Waals surface area contributed by atoms with Crippen molar-refractivity contribution in [1.29, 1.82) is 0 Å². The van der Waals surface area contributed by atoms with Gasteiger partial charge in [-0.1, -0.05) is 39.8 Å². The first kappa shape index (κ1) is 16.0. The molecule has 0 aliphatic heterocycles. The van der Waals surface area contributed by atoms with Gasteiger partial charge in [0.15, 0.2) is 0 Å². The number of aryl methyl sites for hydroxylation is 2. The van der Waals surface area contributed by atoms with E-state index in [0.29, 0.717) is 0 Å². The van der Waals surface area contributed by atoms with Crippen LogP contribution in [0.15, 0.2) is 12.1 Å². The van der Waals surface area contributed by atoms with E-state index >= 15 is 0 Å². The van der Waals surface area contributed by atoms with Crippen LogP contribution in [0.3, 0.4) is 0 Å². The van der Waals surface area contributed by atoms with Crippen LogP contribution in [0.25, 0.3) is 0 Å². The third-order valence-electron chi connectivity index (χ3n) is 4.05. The molecule has 108 valence electrons. The molecule has 1 N–H and O–H groups in total. The first-order chi connectivity index (χ1) is 9.00. The lowest BCUT2D eigenvalue weighted by molar-refractivity contribution is 0.288. The van der Waals surface area contributed by atoms with E-state index in [4.69, 9.17) is 9.84 Å². The molecular weight excluding hydrogens is 236 g/mol. The van der Waals surface area contributed by atoms with Crippen LogP contribution >= 0.6 is 0 Å². The highest BCUT2D eigenvalue weighted by molar-refractivity contribution is 5.48. The number of aliphatic hydroxyl groups excluding tert-OH is 1. The Hall–Kier alpha value is -1.02. The van der Waals surface area contributed by atoms with E-state index in [-0.39, 0.29) is 12.0 Å². The quantitative estimate of drug-likeness (QED) is 0.810. The molecule has 1 rings (SSSR count). The molecule has 0 amide bonds. The second-order valence-corrected chi connectivity index (χ2v) is 5.75. The molecule has 0 fully saturated rings. The maximum absolute atomic E-state index is 9.01. The minimum Gasteiger partial charge on any atom is -0.496 e. The number of aliphatic hydroxyl groups is 1. The van der Waals surface area contributed by atoms with Gasteiger partial charge in [-0.2, -0.15) is 0 Å². The minimum atomic E-state index is 0.116. The van der Waals surface area contributed by atoms with Crippen LogP contribution in [0.4, 0.5) is 0 Å². The summed E-state index contributed by atoms with van der Waals surface area (Å²) < 4.78 is 5.67. The lowest BCUT2D eigenvalue weighted by Crippen LogP contribution is -2.18. The van der Waals surface area contributed by atoms with Crippen LogP contribution < -0.4 is 4.74 Å². The third-order valence-corrected chi connectivity index (χ3v) is 4.05. The summed E-state index contributed by atoms with van der Waals surface area (Å²) in [6.45, 7) is 9.15. The Balaban J connectivity index is 3.31. The number of ether oxygens (including phenoxy) is 1. The summed E-state index contributed by atoms with van der Waals surface area (Å²) in [4.78, 5) is 0. The Kier molecular flexibility index (Phi) is 5.86. The molecule has 0 bridgehead atoms. The van der Waals surface area contributed by atoms with Crippen molar-refractivity contribution in [3.05, 3.63) is 28.8 Å². The second kappa shape index (κ2) is 6.95. The zero-order chi connectivity index (χ0) is 14.5. The molecule has 0 heterocycles. The lowest BCUT2D eigenvalue weighted by Gasteiger charge is -2.28. The Bertz CT molecular complexity index is 408. The fourth-order valence-electron chi connectivity index (χ4n) is 2.38. The molecule has 0 spiro atoms. The van der Waals surface area contributed by atoms with Crippen molar-refractivity contribution in [3.63, 3.8) is 0 Å². The van der Waals surface area contributed by atoms with Gasteiger partial charge < -0.3 is 9.84 Å². The fourth-order valence-corrected chi connectivity index (χ4v) is 2.38. The highest BCUT2D eigenvalue weighted by Gasteiger charge is 2.24. The molecule has 0 saturated heterocycles. The molecule has 1 aromatic carbocycles. The molecule has 0 atom stereocenters. The van der Waals surface area contributed by atoms with E-state index in [0.717, 1.165) is 31.4 Å². The number of methoxy groups -OCH3 is 1. The molecule has 0 aliphatic carbocycles. The summed E-state index contributed by atoms with van der Waals surface area (Å²) in [6.07, 6.45) is 3.81. The molecule has 2 nitrogen and oxygen atoms in total. The summed E-state index contributed by atoms with van der Waals surface area (Å²) in [5.41, 5.74) is 3.99. The molecular formula is C17H28O2. The molecule has 0 aliphatic rings. The van der Waals surface area contributed by atoms with Crippen LogP contribution in [-0.4, -0.2) is 18.8 Å². The molecule has 1 aromatic rings. The van der Waals surface area contributed by atoms with Gasteiger partial charge in [0.05, 0.1) is 7.11 Å². The summed E-state index contributed by atoms with van der Waals surface area (Å²) >= 11 is 0. The molecule has 0 saturated carbocycles. The average molecular weight is 264 g/mol. The third kappa shape index (κ3) is 3.73. The van der Waals surface area contributed by atoms with Gasteiger partial charge >= 0.3 is 0 Å². The van der Waals surface area contributed by atoms with Gasteiger partial charge in [-0.05, 0) is 42.2 Å². The van der Waals surface area contributed by atoms with E-state index in [2.05, 4.69) is 39.8 Å². The van der Waals surface area contributed by atoms with Gasteiger partial charge in [-0.3, -0.25) is 0 Å². The highest BCUT2D eigenvalue weighted by Crippen LogP contribution is 2.37. The topological polar surface area (TPSA) is 29.5 Å². The van der Waals surface area contributed by atoms with Crippen molar-refractivity contribution in [3.8, 4) is 5.75 Å². The summed E-state index contributed by atoms with van der Waals surface area (Å²) in [5.74, 6) is 1.04. The maximum Gasteiger partial charge on any atom is 0.125 e. The summed E-state index contributed by atoms with van der Waals surface area (Å²) in [7, 11) is 1.76. The van der Waals surface area contributed by atoms with Crippen LogP contribution in [0.1, 0.15) is 57.2 Å². The Labute approximate surface area is 117 Å². The van der Waals surface area contributed by atoms with Crippen LogP contribution in [0, 0.1) is 0 Å². The molecule has 2 heteroatoms. The Morgan fingerprint density at radius 3 is 2.37 bits per heavy atom. The van der Waals surface area contributed by atoms with Gasteiger partial charge in [0.1, 0.15) is 5.75 Å². The van der Waals surface area contributed by atoms with Crippen molar-refractivity contribution in [2.75, 3.05) is 13.7 Å². The Morgan fingerprint density at radius 1 is 1.21 bits per heavy atom.